The molecule has 0 aliphatic carbocycles. The molecule has 0 saturated carbocycles. The Morgan fingerprint density at radius 1 is 1.39 bits per heavy atom. The van der Waals surface area contributed by atoms with Gasteiger partial charge in [-0.1, -0.05) is 15.9 Å². The van der Waals surface area contributed by atoms with E-state index < -0.39 is 0 Å². The molecule has 2 rings (SSSR count). The molecule has 0 unspecified atom stereocenters. The number of benzene rings is 1. The summed E-state index contributed by atoms with van der Waals surface area (Å²) in [5.74, 6) is 0.647. The van der Waals surface area contributed by atoms with E-state index >= 15 is 0 Å². The van der Waals surface area contributed by atoms with Crippen LogP contribution in [0.2, 0.25) is 0 Å². The first-order chi connectivity index (χ1) is 8.61. The van der Waals surface area contributed by atoms with Crippen LogP contribution in [0.15, 0.2) is 32.5 Å². The van der Waals surface area contributed by atoms with Gasteiger partial charge in [0, 0.05) is 8.95 Å². The van der Waals surface area contributed by atoms with Crippen LogP contribution in [-0.4, -0.2) is 6.29 Å². The number of aldehydes is 1. The van der Waals surface area contributed by atoms with Gasteiger partial charge >= 0.3 is 0 Å². The molecule has 0 spiro atoms. The highest BCUT2D eigenvalue weighted by atomic mass is 79.9. The Morgan fingerprint density at radius 3 is 2.78 bits per heavy atom. The van der Waals surface area contributed by atoms with Crippen molar-refractivity contribution >= 4 is 49.5 Å². The van der Waals surface area contributed by atoms with E-state index in [0.29, 0.717) is 17.9 Å². The van der Waals surface area contributed by atoms with E-state index in [2.05, 4.69) is 31.9 Å². The molecule has 18 heavy (non-hydrogen) atoms. The zero-order valence-electron chi connectivity index (χ0n) is 9.57. The molecule has 2 nitrogen and oxygen atoms in total. The predicted molar refractivity (Wildman–Crippen MR) is 80.6 cm³/mol. The van der Waals surface area contributed by atoms with E-state index in [1.54, 1.807) is 17.4 Å². The molecule has 5 heteroatoms. The molecular formula is C13H10Br2O2S. The molecule has 1 aromatic heterocycles. The van der Waals surface area contributed by atoms with E-state index in [1.807, 2.05) is 24.4 Å². The van der Waals surface area contributed by atoms with Gasteiger partial charge in [0.05, 0.1) is 10.4 Å². The number of rotatable bonds is 4. The minimum atomic E-state index is 0.460. The lowest BCUT2D eigenvalue weighted by molar-refractivity contribution is 0.111. The summed E-state index contributed by atoms with van der Waals surface area (Å²) in [6, 6.07) is 5.68. The number of ether oxygens (including phenoxy) is 1. The standard InChI is InChI=1S/C13H10Br2O2S/c1-8-4-10(14)5-9(6-16)13(8)17-7-12-11(15)2-3-18-12/h2-6H,7H2,1H3. The van der Waals surface area contributed by atoms with Gasteiger partial charge in [-0.3, -0.25) is 4.79 Å². The normalized spacial score (nSPS) is 10.4. The number of carbonyl (C=O) groups excluding carboxylic acids is 1. The molecule has 1 aromatic carbocycles. The number of halogens is 2. The van der Waals surface area contributed by atoms with E-state index in [4.69, 9.17) is 4.74 Å². The summed E-state index contributed by atoms with van der Waals surface area (Å²) in [6.07, 6.45) is 0.816. The van der Waals surface area contributed by atoms with Crippen molar-refractivity contribution in [2.45, 2.75) is 13.5 Å². The van der Waals surface area contributed by atoms with Crippen LogP contribution in [0.4, 0.5) is 0 Å². The third kappa shape index (κ3) is 3.02. The molecule has 0 amide bonds. The largest absolute Gasteiger partial charge is 0.487 e. The molecule has 0 aliphatic rings. The maximum absolute atomic E-state index is 11.1. The number of hydrogen-bond acceptors (Lipinski definition) is 3. The van der Waals surface area contributed by atoms with Crippen molar-refractivity contribution in [3.05, 3.63) is 48.5 Å². The van der Waals surface area contributed by atoms with Gasteiger partial charge in [-0.15, -0.1) is 11.3 Å². The highest BCUT2D eigenvalue weighted by molar-refractivity contribution is 9.10. The molecule has 0 saturated heterocycles. The molecule has 2 aromatic rings. The quantitative estimate of drug-likeness (QED) is 0.689. The molecular weight excluding hydrogens is 380 g/mol. The number of aryl methyl sites for hydroxylation is 1. The highest BCUT2D eigenvalue weighted by Crippen LogP contribution is 2.29. The van der Waals surface area contributed by atoms with E-state index in [9.17, 15) is 4.79 Å². The molecule has 0 N–H and O–H groups in total. The summed E-state index contributed by atoms with van der Waals surface area (Å²) in [5.41, 5.74) is 1.51. The first kappa shape index (κ1) is 13.8. The van der Waals surface area contributed by atoms with Gasteiger partial charge in [0.2, 0.25) is 0 Å². The fraction of sp³-hybridized carbons (Fsp3) is 0.154. The zero-order valence-corrected chi connectivity index (χ0v) is 13.6. The minimum Gasteiger partial charge on any atom is -0.487 e. The lowest BCUT2D eigenvalue weighted by Gasteiger charge is -2.11. The molecule has 94 valence electrons. The fourth-order valence-electron chi connectivity index (χ4n) is 1.61. The third-order valence-electron chi connectivity index (χ3n) is 2.43. The molecule has 0 radical (unpaired) electrons. The van der Waals surface area contributed by atoms with E-state index in [0.717, 1.165) is 25.7 Å². The van der Waals surface area contributed by atoms with Gasteiger partial charge in [-0.2, -0.15) is 0 Å². The van der Waals surface area contributed by atoms with Crippen molar-refractivity contribution in [1.29, 1.82) is 0 Å². The van der Waals surface area contributed by atoms with Gasteiger partial charge in [-0.25, -0.2) is 0 Å². The predicted octanol–water partition coefficient (Wildman–Crippen LogP) is 4.97. The van der Waals surface area contributed by atoms with E-state index in [-0.39, 0.29) is 0 Å². The van der Waals surface area contributed by atoms with Crippen molar-refractivity contribution in [2.24, 2.45) is 0 Å². The van der Waals surface area contributed by atoms with Crippen LogP contribution in [0, 0.1) is 6.92 Å². The summed E-state index contributed by atoms with van der Waals surface area (Å²) in [7, 11) is 0. The molecule has 0 fully saturated rings. The first-order valence-electron chi connectivity index (χ1n) is 5.22. The molecule has 0 atom stereocenters. The van der Waals surface area contributed by atoms with Crippen molar-refractivity contribution < 1.29 is 9.53 Å². The molecule has 0 bridgehead atoms. The molecule has 0 aliphatic heterocycles. The van der Waals surface area contributed by atoms with Crippen LogP contribution >= 0.6 is 43.2 Å². The maximum Gasteiger partial charge on any atom is 0.153 e. The van der Waals surface area contributed by atoms with Crippen molar-refractivity contribution in [3.8, 4) is 5.75 Å². The lowest BCUT2D eigenvalue weighted by Crippen LogP contribution is -1.99. The summed E-state index contributed by atoms with van der Waals surface area (Å²) >= 11 is 8.45. The minimum absolute atomic E-state index is 0.460. The summed E-state index contributed by atoms with van der Waals surface area (Å²) < 4.78 is 7.69. The van der Waals surface area contributed by atoms with Crippen LogP contribution < -0.4 is 4.74 Å². The monoisotopic (exact) mass is 388 g/mol. The average Bonchev–Trinajstić information content (AvgIpc) is 2.73. The van der Waals surface area contributed by atoms with Crippen LogP contribution in [0.5, 0.6) is 5.75 Å². The van der Waals surface area contributed by atoms with Gasteiger partial charge in [0.15, 0.2) is 6.29 Å². The van der Waals surface area contributed by atoms with Gasteiger partial charge < -0.3 is 4.74 Å². The SMILES string of the molecule is Cc1cc(Br)cc(C=O)c1OCc1sccc1Br. The Bertz CT molecular complexity index is 578. The van der Waals surface area contributed by atoms with Gasteiger partial charge in [0.1, 0.15) is 12.4 Å². The van der Waals surface area contributed by atoms with Crippen molar-refractivity contribution in [2.75, 3.05) is 0 Å². The second-order valence-corrected chi connectivity index (χ2v) is 6.51. The van der Waals surface area contributed by atoms with Gasteiger partial charge in [0.25, 0.3) is 0 Å². The maximum atomic E-state index is 11.1. The topological polar surface area (TPSA) is 26.3 Å². The second-order valence-electron chi connectivity index (χ2n) is 3.74. The number of carbonyl (C=O) groups is 1. The highest BCUT2D eigenvalue weighted by Gasteiger charge is 2.10. The van der Waals surface area contributed by atoms with Crippen molar-refractivity contribution in [1.82, 2.24) is 0 Å². The smallest absolute Gasteiger partial charge is 0.153 e. The van der Waals surface area contributed by atoms with Crippen LogP contribution in [0.25, 0.3) is 0 Å². The summed E-state index contributed by atoms with van der Waals surface area (Å²) in [5, 5.41) is 2.00. The number of hydrogen-bond donors (Lipinski definition) is 0. The summed E-state index contributed by atoms with van der Waals surface area (Å²) in [6.45, 7) is 2.39. The third-order valence-corrected chi connectivity index (χ3v) is 4.79. The van der Waals surface area contributed by atoms with Gasteiger partial charge in [-0.05, 0) is 52.0 Å². The molecule has 1 heterocycles. The Kier molecular flexibility index (Phi) is 4.59. The Labute approximate surface area is 126 Å². The van der Waals surface area contributed by atoms with E-state index in [1.165, 1.54) is 0 Å². The number of thiophene rings is 1. The Morgan fingerprint density at radius 2 is 2.17 bits per heavy atom. The van der Waals surface area contributed by atoms with Crippen LogP contribution in [-0.2, 0) is 6.61 Å². The Balaban J connectivity index is 2.24. The first-order valence-corrected chi connectivity index (χ1v) is 7.68. The zero-order chi connectivity index (χ0) is 13.1. The van der Waals surface area contributed by atoms with Crippen molar-refractivity contribution in [3.63, 3.8) is 0 Å². The summed E-state index contributed by atoms with van der Waals surface area (Å²) in [4.78, 5) is 12.2. The van der Waals surface area contributed by atoms with Crippen LogP contribution in [0.1, 0.15) is 20.8 Å². The lowest BCUT2D eigenvalue weighted by atomic mass is 10.1. The Hall–Kier alpha value is -0.650. The second kappa shape index (κ2) is 5.99. The fourth-order valence-corrected chi connectivity index (χ4v) is 3.57. The average molecular weight is 390 g/mol. The van der Waals surface area contributed by atoms with Crippen LogP contribution in [0.3, 0.4) is 0 Å².